The molecule has 1 N–H and O–H groups in total. The van der Waals surface area contributed by atoms with Gasteiger partial charge < -0.3 is 19.1 Å². The number of carbonyl (C=O) groups excluding carboxylic acids is 2. The summed E-state index contributed by atoms with van der Waals surface area (Å²) in [4.78, 5) is 38.1. The standard InChI is InChI=1S/C26H30F3N5O5/c1-15(26(27,28)29)10-21(35)19-5-6-20-23(31-19)34(16-8-9-33(20)12-16)24(36)32-22-7-4-17(11-30-22)37-13-18-14-38-25(2,3)39-18/h4-7,11,15-16,18H,8-10,12-14H2,1-3H3,(H,30,32,36)/t15-,16-,18-/m0/s1. The molecule has 2 amide bonds. The Labute approximate surface area is 223 Å². The summed E-state index contributed by atoms with van der Waals surface area (Å²) in [6.45, 7) is 6.62. The highest BCUT2D eigenvalue weighted by Gasteiger charge is 2.41. The first-order chi connectivity index (χ1) is 18.4. The molecule has 2 bridgehead atoms. The Kier molecular flexibility index (Phi) is 7.14. The lowest BCUT2D eigenvalue weighted by molar-refractivity contribution is -0.168. The van der Waals surface area contributed by atoms with Crippen LogP contribution in [0.4, 0.5) is 35.3 Å². The van der Waals surface area contributed by atoms with Gasteiger partial charge in [0.15, 0.2) is 17.4 Å². The first kappa shape index (κ1) is 27.1. The summed E-state index contributed by atoms with van der Waals surface area (Å²) in [5, 5.41) is 2.75. The van der Waals surface area contributed by atoms with Crippen molar-refractivity contribution in [3.8, 4) is 5.75 Å². The number of amides is 2. The minimum atomic E-state index is -4.48. The fourth-order valence-corrected chi connectivity index (χ4v) is 4.87. The van der Waals surface area contributed by atoms with Crippen LogP contribution in [0.1, 0.15) is 44.1 Å². The van der Waals surface area contributed by atoms with Crippen molar-refractivity contribution in [2.75, 3.05) is 41.4 Å². The molecule has 2 saturated heterocycles. The van der Waals surface area contributed by atoms with Gasteiger partial charge in [-0.25, -0.2) is 14.8 Å². The van der Waals surface area contributed by atoms with Gasteiger partial charge in [-0.1, -0.05) is 6.92 Å². The Morgan fingerprint density at radius 1 is 1.26 bits per heavy atom. The van der Waals surface area contributed by atoms with E-state index in [0.29, 0.717) is 37.6 Å². The van der Waals surface area contributed by atoms with Crippen molar-refractivity contribution in [2.45, 2.75) is 57.7 Å². The summed E-state index contributed by atoms with van der Waals surface area (Å²) in [7, 11) is 0. The lowest BCUT2D eigenvalue weighted by Gasteiger charge is -2.35. The first-order valence-corrected chi connectivity index (χ1v) is 12.8. The minimum Gasteiger partial charge on any atom is -0.489 e. The third-order valence-electron chi connectivity index (χ3n) is 6.98. The molecule has 39 heavy (non-hydrogen) atoms. The summed E-state index contributed by atoms with van der Waals surface area (Å²) >= 11 is 0. The first-order valence-electron chi connectivity index (χ1n) is 12.8. The van der Waals surface area contributed by atoms with E-state index in [2.05, 4.69) is 15.3 Å². The molecule has 3 aliphatic heterocycles. The number of alkyl halides is 3. The Morgan fingerprint density at radius 2 is 2.05 bits per heavy atom. The van der Waals surface area contributed by atoms with Crippen molar-refractivity contribution in [2.24, 2.45) is 5.92 Å². The highest BCUT2D eigenvalue weighted by atomic mass is 19.4. The number of rotatable bonds is 7. The van der Waals surface area contributed by atoms with Crippen LogP contribution in [0.5, 0.6) is 5.75 Å². The van der Waals surface area contributed by atoms with Gasteiger partial charge in [0.2, 0.25) is 0 Å². The number of halogens is 3. The molecule has 2 aromatic heterocycles. The Balaban J connectivity index is 1.27. The number of aromatic nitrogens is 2. The van der Waals surface area contributed by atoms with Gasteiger partial charge in [0.05, 0.1) is 30.5 Å². The fraction of sp³-hybridized carbons (Fsp3) is 0.538. The second-order valence-corrected chi connectivity index (χ2v) is 10.4. The van der Waals surface area contributed by atoms with E-state index in [9.17, 15) is 22.8 Å². The predicted octanol–water partition coefficient (Wildman–Crippen LogP) is 4.41. The molecule has 5 rings (SSSR count). The molecular weight excluding hydrogens is 519 g/mol. The van der Waals surface area contributed by atoms with Crippen LogP contribution >= 0.6 is 0 Å². The van der Waals surface area contributed by atoms with E-state index in [4.69, 9.17) is 14.2 Å². The Morgan fingerprint density at radius 3 is 2.72 bits per heavy atom. The van der Waals surface area contributed by atoms with E-state index in [0.717, 1.165) is 6.92 Å². The van der Waals surface area contributed by atoms with Crippen LogP contribution in [-0.2, 0) is 9.47 Å². The summed E-state index contributed by atoms with van der Waals surface area (Å²) in [6.07, 6.45) is -3.24. The smallest absolute Gasteiger partial charge is 0.391 e. The van der Waals surface area contributed by atoms with E-state index >= 15 is 0 Å². The van der Waals surface area contributed by atoms with Crippen LogP contribution < -0.4 is 19.9 Å². The molecule has 0 aromatic carbocycles. The van der Waals surface area contributed by atoms with Crippen molar-refractivity contribution in [1.29, 1.82) is 0 Å². The zero-order chi connectivity index (χ0) is 27.9. The quantitative estimate of drug-likeness (QED) is 0.507. The number of ether oxygens (including phenoxy) is 3. The third kappa shape index (κ3) is 5.93. The van der Waals surface area contributed by atoms with Gasteiger partial charge in [0.1, 0.15) is 30.0 Å². The molecule has 13 heteroatoms. The Bertz CT molecular complexity index is 1240. The largest absolute Gasteiger partial charge is 0.489 e. The lowest BCUT2D eigenvalue weighted by Crippen LogP contribution is -2.48. The van der Waals surface area contributed by atoms with E-state index in [1.807, 2.05) is 18.7 Å². The molecule has 0 aliphatic carbocycles. The number of ketones is 1. The molecule has 10 nitrogen and oxygen atoms in total. The monoisotopic (exact) mass is 549 g/mol. The van der Waals surface area contributed by atoms with Crippen LogP contribution in [0.2, 0.25) is 0 Å². The van der Waals surface area contributed by atoms with Gasteiger partial charge in [0, 0.05) is 19.5 Å². The summed E-state index contributed by atoms with van der Waals surface area (Å²) in [6, 6.07) is 5.62. The number of nitrogens with zero attached hydrogens (tertiary/aromatic N) is 4. The predicted molar refractivity (Wildman–Crippen MR) is 135 cm³/mol. The number of pyridine rings is 2. The molecule has 2 aromatic rings. The van der Waals surface area contributed by atoms with Crippen molar-refractivity contribution in [3.05, 3.63) is 36.2 Å². The van der Waals surface area contributed by atoms with Crippen molar-refractivity contribution >= 4 is 29.1 Å². The van der Waals surface area contributed by atoms with Gasteiger partial charge >= 0.3 is 12.2 Å². The number of hydrogen-bond acceptors (Lipinski definition) is 8. The molecule has 3 atom stereocenters. The number of Topliss-reactive ketones (excluding diaryl/α,β-unsaturated/α-hetero) is 1. The summed E-state index contributed by atoms with van der Waals surface area (Å²) in [5.74, 6) is -2.16. The number of anilines is 3. The number of carbonyl (C=O) groups is 2. The Hall–Kier alpha value is -3.45. The van der Waals surface area contributed by atoms with E-state index in [1.165, 1.54) is 17.2 Å². The zero-order valence-corrected chi connectivity index (χ0v) is 21.8. The third-order valence-corrected chi connectivity index (χ3v) is 6.98. The maximum Gasteiger partial charge on any atom is 0.391 e. The van der Waals surface area contributed by atoms with E-state index < -0.39 is 36.1 Å². The van der Waals surface area contributed by atoms with Gasteiger partial charge in [-0.05, 0) is 44.5 Å². The van der Waals surface area contributed by atoms with Crippen molar-refractivity contribution < 1.29 is 37.0 Å². The topological polar surface area (TPSA) is 106 Å². The molecule has 5 heterocycles. The molecule has 0 spiro atoms. The molecule has 210 valence electrons. The average Bonchev–Trinajstić information content (AvgIpc) is 3.45. The van der Waals surface area contributed by atoms with Crippen LogP contribution in [0.25, 0.3) is 0 Å². The average molecular weight is 550 g/mol. The maximum absolute atomic E-state index is 13.4. The second-order valence-electron chi connectivity index (χ2n) is 10.4. The highest BCUT2D eigenvalue weighted by molar-refractivity contribution is 6.05. The molecule has 0 radical (unpaired) electrons. The highest BCUT2D eigenvalue weighted by Crippen LogP contribution is 2.39. The molecular formula is C26H30F3N5O5. The second kappa shape index (κ2) is 10.3. The fourth-order valence-electron chi connectivity index (χ4n) is 4.87. The summed E-state index contributed by atoms with van der Waals surface area (Å²) < 4.78 is 55.9. The molecule has 2 fully saturated rings. The number of fused-ring (bicyclic) bond motifs is 4. The van der Waals surface area contributed by atoms with E-state index in [1.54, 1.807) is 18.2 Å². The van der Waals surface area contributed by atoms with Crippen LogP contribution in [0, 0.1) is 5.92 Å². The molecule has 3 aliphatic rings. The number of urea groups is 1. The van der Waals surface area contributed by atoms with E-state index in [-0.39, 0.29) is 36.1 Å². The lowest BCUT2D eigenvalue weighted by atomic mass is 10.0. The van der Waals surface area contributed by atoms with Gasteiger partial charge in [-0.2, -0.15) is 13.2 Å². The normalized spacial score (nSPS) is 22.4. The molecule has 0 saturated carbocycles. The van der Waals surface area contributed by atoms with Crippen LogP contribution in [0.15, 0.2) is 30.5 Å². The SMILES string of the molecule is C[C@@H](CC(=O)c1ccc2c(n1)N(C(=O)Nc1ccc(OC[C@H]3COC(C)(C)O3)cn1)[C@H]1CCN2C1)C(F)(F)F. The maximum atomic E-state index is 13.4. The van der Waals surface area contributed by atoms with Crippen LogP contribution in [-0.4, -0.2) is 72.2 Å². The van der Waals surface area contributed by atoms with Crippen molar-refractivity contribution in [3.63, 3.8) is 0 Å². The zero-order valence-electron chi connectivity index (χ0n) is 21.8. The minimum absolute atomic E-state index is 0.107. The van der Waals surface area contributed by atoms with Gasteiger partial charge in [-0.15, -0.1) is 0 Å². The van der Waals surface area contributed by atoms with Gasteiger partial charge in [-0.3, -0.25) is 15.0 Å². The van der Waals surface area contributed by atoms with Crippen molar-refractivity contribution in [1.82, 2.24) is 9.97 Å². The van der Waals surface area contributed by atoms with Gasteiger partial charge in [0.25, 0.3) is 0 Å². The summed E-state index contributed by atoms with van der Waals surface area (Å²) in [5.41, 5.74) is 0.544. The molecule has 0 unspecified atom stereocenters. The van der Waals surface area contributed by atoms with Crippen LogP contribution in [0.3, 0.4) is 0 Å². The number of nitrogens with one attached hydrogen (secondary N) is 1. The number of hydrogen-bond donors (Lipinski definition) is 1.